The molecule has 0 rings (SSSR count). The Morgan fingerprint density at radius 3 is 1.06 bits per heavy atom. The quantitative estimate of drug-likeness (QED) is 0.447. The largest absolute Gasteiger partial charge is 0.107 e. The van der Waals surface area contributed by atoms with Gasteiger partial charge in [0.15, 0.2) is 0 Å². The van der Waals surface area contributed by atoms with E-state index in [2.05, 4.69) is 29.7 Å². The summed E-state index contributed by atoms with van der Waals surface area (Å²) in [4.78, 5) is 0. The van der Waals surface area contributed by atoms with Crippen LogP contribution in [-0.4, -0.2) is 28.1 Å². The van der Waals surface area contributed by atoms with Crippen LogP contribution in [-0.2, 0) is 0 Å². The molecule has 0 heterocycles. The van der Waals surface area contributed by atoms with Gasteiger partial charge in [-0.15, -0.1) is 24.0 Å². The Morgan fingerprint density at radius 1 is 0.625 bits per heavy atom. The molecule has 0 aromatic rings. The van der Waals surface area contributed by atoms with Gasteiger partial charge >= 0.3 is 119 Å². The second-order valence-electron chi connectivity index (χ2n) is 4.07. The van der Waals surface area contributed by atoms with Crippen molar-refractivity contribution in [2.75, 3.05) is 26.2 Å². The Balaban J connectivity index is 0. The van der Waals surface area contributed by atoms with Crippen molar-refractivity contribution in [3.8, 4) is 0 Å². The third kappa shape index (κ3) is 11.1. The minimum Gasteiger partial charge on any atom is -0.107 e. The Morgan fingerprint density at radius 2 is 0.875 bits per heavy atom. The van der Waals surface area contributed by atoms with Gasteiger partial charge in [0.2, 0.25) is 0 Å². The first-order chi connectivity index (χ1) is 7.28. The number of rotatable bonds is 10. The van der Waals surface area contributed by atoms with Gasteiger partial charge in [-0.1, -0.05) is 0 Å². The number of nitrogens with zero attached hydrogens (tertiary/aromatic N) is 2. The molecule has 0 saturated heterocycles. The third-order valence-electron chi connectivity index (χ3n) is 2.26. The first-order valence-corrected chi connectivity index (χ1v) is 9.41. The van der Waals surface area contributed by atoms with Crippen LogP contribution in [0.3, 0.4) is 0 Å². The zero-order chi connectivity index (χ0) is 11.5. The van der Waals surface area contributed by atoms with Crippen molar-refractivity contribution in [3.63, 3.8) is 0 Å². The molecule has 98 valence electrons. The van der Waals surface area contributed by atoms with Crippen LogP contribution in [0.15, 0.2) is 0 Å². The van der Waals surface area contributed by atoms with Gasteiger partial charge < -0.3 is 0 Å². The molecule has 0 fully saturated rings. The van der Waals surface area contributed by atoms with Crippen LogP contribution < -0.4 is 0 Å². The fraction of sp³-hybridized carbons (Fsp3) is 1.00. The van der Waals surface area contributed by atoms with Gasteiger partial charge in [0.25, 0.3) is 0 Å². The first-order valence-electron chi connectivity index (χ1n) is 6.54. The molecule has 16 heavy (non-hydrogen) atoms. The van der Waals surface area contributed by atoms with Gasteiger partial charge in [-0.05, 0) is 0 Å². The molecule has 0 aromatic carbocycles. The average molecular weight is 473 g/mol. The topological polar surface area (TPSA) is 6.48 Å². The van der Waals surface area contributed by atoms with Crippen molar-refractivity contribution >= 4 is 24.0 Å². The molecule has 0 atom stereocenters. The van der Waals surface area contributed by atoms with Gasteiger partial charge in [-0.2, -0.15) is 0 Å². The van der Waals surface area contributed by atoms with Crippen molar-refractivity contribution in [2.45, 2.75) is 53.4 Å². The second kappa shape index (κ2) is 15.1. The van der Waals surface area contributed by atoms with Crippen LogP contribution in [0.1, 0.15) is 53.4 Å². The van der Waals surface area contributed by atoms with Crippen molar-refractivity contribution < 1.29 is 37.5 Å². The van der Waals surface area contributed by atoms with Crippen LogP contribution in [0, 0.1) is 37.5 Å². The molecule has 0 radical (unpaired) electrons. The molecule has 0 aliphatic rings. The predicted molar refractivity (Wildman–Crippen MR) is 79.7 cm³/mol. The summed E-state index contributed by atoms with van der Waals surface area (Å²) in [5.41, 5.74) is 0. The summed E-state index contributed by atoms with van der Waals surface area (Å²) in [7, 11) is 0. The summed E-state index contributed by atoms with van der Waals surface area (Å²) >= 11 is -0.661. The van der Waals surface area contributed by atoms with Crippen molar-refractivity contribution in [3.05, 3.63) is 0 Å². The maximum atomic E-state index is 2.78. The van der Waals surface area contributed by atoms with Crippen molar-refractivity contribution in [1.29, 1.82) is 0 Å². The number of hydrogen-bond donors (Lipinski definition) is 0. The molecule has 0 unspecified atom stereocenters. The molecule has 0 aliphatic carbocycles. The van der Waals surface area contributed by atoms with E-state index >= 15 is 0 Å². The number of halogens is 1. The van der Waals surface area contributed by atoms with Crippen molar-refractivity contribution in [2.24, 2.45) is 0 Å². The van der Waals surface area contributed by atoms with E-state index in [0.717, 1.165) is 0 Å². The minimum atomic E-state index is -0.661. The van der Waals surface area contributed by atoms with Crippen molar-refractivity contribution in [1.82, 2.24) is 1.97 Å². The van der Waals surface area contributed by atoms with E-state index in [-0.39, 0.29) is 24.0 Å². The summed E-state index contributed by atoms with van der Waals surface area (Å²) in [6, 6.07) is 0. The van der Waals surface area contributed by atoms with Crippen LogP contribution in [0.4, 0.5) is 0 Å². The SMILES string of the molecule is CCC[N](CCC)[Nd][N](CCC)CCC.I. The molecule has 2 nitrogen and oxygen atoms in total. The molecule has 0 aliphatic heterocycles. The fourth-order valence-electron chi connectivity index (χ4n) is 1.70. The normalized spacial score (nSPS) is 10.6. The molecule has 0 N–H and O–H groups in total. The van der Waals surface area contributed by atoms with E-state index in [0.29, 0.717) is 0 Å². The molecule has 0 amide bonds. The summed E-state index contributed by atoms with van der Waals surface area (Å²) in [5.74, 6) is 0. The molecular formula is C12H29IN2Nd. The summed E-state index contributed by atoms with van der Waals surface area (Å²) < 4.78 is 5.57. The van der Waals surface area contributed by atoms with Gasteiger partial charge in [0.1, 0.15) is 0 Å². The second-order valence-corrected chi connectivity index (χ2v) is 8.77. The minimum absolute atomic E-state index is 0. The molecule has 0 saturated carbocycles. The van der Waals surface area contributed by atoms with Gasteiger partial charge in [-0.25, -0.2) is 0 Å². The maximum absolute atomic E-state index is 2.78. The smallest absolute Gasteiger partial charge is 0.107 e. The standard InChI is InChI=1S/2C6H14N.HI.Nd/c2*1-3-5-7-6-4-2;;/h2*3-6H2,1-2H3;1H;/q2*-1;;+2. The molecule has 0 aromatic heterocycles. The summed E-state index contributed by atoms with van der Waals surface area (Å²) in [6.07, 6.45) is 5.27. The third-order valence-corrected chi connectivity index (χ3v) is 6.94. The molecule has 0 bridgehead atoms. The van der Waals surface area contributed by atoms with Crippen LogP contribution in [0.25, 0.3) is 0 Å². The zero-order valence-electron chi connectivity index (χ0n) is 11.5. The maximum Gasteiger partial charge on any atom is -0.107 e. The Labute approximate surface area is 141 Å². The molecular weight excluding hydrogens is 443 g/mol. The van der Waals surface area contributed by atoms with Crippen LogP contribution in [0.2, 0.25) is 0 Å². The monoisotopic (exact) mass is 470 g/mol. The Hall–Kier alpha value is 2.00. The van der Waals surface area contributed by atoms with E-state index in [1.54, 1.807) is 0 Å². The van der Waals surface area contributed by atoms with E-state index in [1.807, 2.05) is 0 Å². The van der Waals surface area contributed by atoms with E-state index in [9.17, 15) is 0 Å². The van der Waals surface area contributed by atoms with Gasteiger partial charge in [0.05, 0.1) is 0 Å². The van der Waals surface area contributed by atoms with Gasteiger partial charge in [0, 0.05) is 0 Å². The number of hydrogen-bond acceptors (Lipinski definition) is 2. The van der Waals surface area contributed by atoms with E-state index < -0.39 is 37.5 Å². The average Bonchev–Trinajstić information content (AvgIpc) is 2.19. The van der Waals surface area contributed by atoms with E-state index in [4.69, 9.17) is 0 Å². The first kappa shape index (κ1) is 20.3. The zero-order valence-corrected chi connectivity index (χ0v) is 17.0. The molecule has 0 spiro atoms. The predicted octanol–water partition coefficient (Wildman–Crippen LogP) is 3.76. The van der Waals surface area contributed by atoms with Crippen LogP contribution >= 0.6 is 24.0 Å². The Bertz CT molecular complexity index is 110. The summed E-state index contributed by atoms with van der Waals surface area (Å²) in [6.45, 7) is 14.5. The van der Waals surface area contributed by atoms with Gasteiger partial charge in [-0.3, -0.25) is 0 Å². The fourth-order valence-corrected chi connectivity index (χ4v) is 7.14. The van der Waals surface area contributed by atoms with Crippen LogP contribution in [0.5, 0.6) is 0 Å². The molecule has 4 heteroatoms. The summed E-state index contributed by atoms with van der Waals surface area (Å²) in [5, 5.41) is 0. The van der Waals surface area contributed by atoms with E-state index in [1.165, 1.54) is 51.9 Å². The Kier molecular flexibility index (Phi) is 19.1.